The van der Waals surface area contributed by atoms with E-state index in [2.05, 4.69) is 0 Å². The van der Waals surface area contributed by atoms with Gasteiger partial charge in [-0.15, -0.1) is 0 Å². The van der Waals surface area contributed by atoms with Crippen LogP contribution in [0.4, 0.5) is 0 Å². The van der Waals surface area contributed by atoms with Crippen molar-refractivity contribution in [1.29, 1.82) is 0 Å². The molecule has 12 nitrogen and oxygen atoms in total. The van der Waals surface area contributed by atoms with Crippen LogP contribution in [-0.2, 0) is 42.9 Å². The Morgan fingerprint density at radius 2 is 1.26 bits per heavy atom. The molecule has 2 aromatic carbocycles. The molecule has 1 amide bonds. The first-order chi connectivity index (χ1) is 22.9. The highest BCUT2D eigenvalue weighted by Crippen LogP contribution is 2.22. The SMILES string of the molecule is Cc1ccc(S(=O)(=O)OCCOc2ccc(C(=O)N(CCC[C@H](CC(=O)OC(C)(C)C)C(=O)OC(C)(C)C)CC(=O)OC(C)(C)C)cc2)cc1. The summed E-state index contributed by atoms with van der Waals surface area (Å²) in [6, 6.07) is 12.4. The molecule has 0 fully saturated rings. The van der Waals surface area contributed by atoms with Crippen molar-refractivity contribution in [2.24, 2.45) is 5.92 Å². The van der Waals surface area contributed by atoms with E-state index in [1.807, 2.05) is 6.92 Å². The Hall–Kier alpha value is -3.97. The standard InChI is InChI=1S/C37H53NO11S/c1-26-13-19-30(20-14-26)50(43,44)46-23-22-45-29-17-15-27(16-18-29)33(41)38(25-32(40)48-36(5,6)7)21-11-12-28(34(42)49-37(8,9)10)24-31(39)47-35(2,3)4/h13-20,28H,11-12,21-25H2,1-10H3/t28-/m1/s1. The fraction of sp³-hybridized carbons (Fsp3) is 0.568. The minimum atomic E-state index is -3.94. The zero-order valence-corrected chi connectivity index (χ0v) is 31.8. The molecule has 0 bridgehead atoms. The van der Waals surface area contributed by atoms with Crippen molar-refractivity contribution in [1.82, 2.24) is 4.90 Å². The normalized spacial score (nSPS) is 12.8. The molecule has 0 spiro atoms. The third kappa shape index (κ3) is 16.2. The van der Waals surface area contributed by atoms with Gasteiger partial charge in [0, 0.05) is 12.1 Å². The van der Waals surface area contributed by atoms with Crippen LogP contribution in [0.5, 0.6) is 5.75 Å². The number of aryl methyl sites for hydroxylation is 1. The minimum absolute atomic E-state index is 0.0466. The number of rotatable bonds is 16. The van der Waals surface area contributed by atoms with Crippen molar-refractivity contribution in [3.63, 3.8) is 0 Å². The van der Waals surface area contributed by atoms with Crippen LogP contribution in [-0.4, -0.2) is 80.2 Å². The minimum Gasteiger partial charge on any atom is -0.491 e. The second-order valence-electron chi connectivity index (χ2n) is 14.9. The topological polar surface area (TPSA) is 152 Å². The molecule has 0 N–H and O–H groups in total. The fourth-order valence-corrected chi connectivity index (χ4v) is 5.43. The molecular weight excluding hydrogens is 666 g/mol. The van der Waals surface area contributed by atoms with Crippen LogP contribution in [0.15, 0.2) is 53.4 Å². The zero-order valence-electron chi connectivity index (χ0n) is 31.0. The molecule has 50 heavy (non-hydrogen) atoms. The molecule has 2 aromatic rings. The van der Waals surface area contributed by atoms with Crippen molar-refractivity contribution in [3.05, 3.63) is 59.7 Å². The van der Waals surface area contributed by atoms with Gasteiger partial charge in [-0.05, 0) is 118 Å². The Bertz CT molecular complexity index is 1550. The monoisotopic (exact) mass is 719 g/mol. The first-order valence-electron chi connectivity index (χ1n) is 16.6. The Balaban J connectivity index is 2.11. The molecule has 0 saturated carbocycles. The van der Waals surface area contributed by atoms with E-state index in [1.54, 1.807) is 86.6 Å². The maximum absolute atomic E-state index is 13.6. The van der Waals surface area contributed by atoms with Gasteiger partial charge < -0.3 is 23.8 Å². The summed E-state index contributed by atoms with van der Waals surface area (Å²) in [7, 11) is -3.94. The summed E-state index contributed by atoms with van der Waals surface area (Å²) < 4.78 is 51.9. The third-order valence-corrected chi connectivity index (χ3v) is 7.91. The number of hydrogen-bond acceptors (Lipinski definition) is 11. The van der Waals surface area contributed by atoms with Crippen molar-refractivity contribution in [3.8, 4) is 5.75 Å². The summed E-state index contributed by atoms with van der Waals surface area (Å²) >= 11 is 0. The van der Waals surface area contributed by atoms with E-state index in [4.69, 9.17) is 23.1 Å². The number of benzene rings is 2. The molecule has 0 unspecified atom stereocenters. The molecule has 13 heteroatoms. The quantitative estimate of drug-likeness (QED) is 0.0865. The van der Waals surface area contributed by atoms with Gasteiger partial charge in [-0.1, -0.05) is 17.7 Å². The van der Waals surface area contributed by atoms with Gasteiger partial charge in [0.2, 0.25) is 0 Å². The van der Waals surface area contributed by atoms with Crippen LogP contribution >= 0.6 is 0 Å². The zero-order chi connectivity index (χ0) is 37.9. The van der Waals surface area contributed by atoms with Crippen LogP contribution in [0, 0.1) is 12.8 Å². The molecule has 0 aliphatic heterocycles. The van der Waals surface area contributed by atoms with Gasteiger partial charge in [-0.2, -0.15) is 8.42 Å². The highest BCUT2D eigenvalue weighted by molar-refractivity contribution is 7.86. The lowest BCUT2D eigenvalue weighted by Gasteiger charge is -2.27. The molecule has 1 atom stereocenters. The number of nitrogens with zero attached hydrogens (tertiary/aromatic N) is 1. The van der Waals surface area contributed by atoms with E-state index < -0.39 is 56.7 Å². The van der Waals surface area contributed by atoms with E-state index in [-0.39, 0.29) is 56.0 Å². The summed E-state index contributed by atoms with van der Waals surface area (Å²) in [5.74, 6) is -2.62. The average molecular weight is 720 g/mol. The highest BCUT2D eigenvalue weighted by atomic mass is 32.2. The van der Waals surface area contributed by atoms with Crippen LogP contribution in [0.3, 0.4) is 0 Å². The first kappa shape index (κ1) is 42.2. The Morgan fingerprint density at radius 3 is 1.80 bits per heavy atom. The van der Waals surface area contributed by atoms with Crippen LogP contribution in [0.2, 0.25) is 0 Å². The molecule has 0 radical (unpaired) electrons. The lowest BCUT2D eigenvalue weighted by Crippen LogP contribution is -2.39. The molecular formula is C37H53NO11S. The van der Waals surface area contributed by atoms with Crippen LogP contribution in [0.1, 0.15) is 97.5 Å². The first-order valence-corrected chi connectivity index (χ1v) is 18.0. The van der Waals surface area contributed by atoms with Gasteiger partial charge >= 0.3 is 17.9 Å². The summed E-state index contributed by atoms with van der Waals surface area (Å²) in [6.45, 7) is 16.9. The van der Waals surface area contributed by atoms with E-state index in [9.17, 15) is 27.6 Å². The van der Waals surface area contributed by atoms with E-state index in [1.165, 1.54) is 29.2 Å². The van der Waals surface area contributed by atoms with Gasteiger partial charge in [0.15, 0.2) is 0 Å². The molecule has 278 valence electrons. The number of carbonyl (C=O) groups is 4. The average Bonchev–Trinajstić information content (AvgIpc) is 2.95. The Kier molecular flexibility index (Phi) is 15.0. The number of esters is 3. The molecule has 0 aliphatic carbocycles. The second kappa shape index (κ2) is 17.8. The molecule has 2 rings (SSSR count). The van der Waals surface area contributed by atoms with Gasteiger partial charge in [0.1, 0.15) is 42.3 Å². The van der Waals surface area contributed by atoms with Gasteiger partial charge in [-0.25, -0.2) is 0 Å². The molecule has 0 heterocycles. The number of amides is 1. The smallest absolute Gasteiger partial charge is 0.326 e. The van der Waals surface area contributed by atoms with E-state index in [0.29, 0.717) is 5.75 Å². The lowest BCUT2D eigenvalue weighted by molar-refractivity contribution is -0.167. The van der Waals surface area contributed by atoms with Crippen LogP contribution < -0.4 is 4.74 Å². The summed E-state index contributed by atoms with van der Waals surface area (Å²) in [5.41, 5.74) is -1.10. The Morgan fingerprint density at radius 1 is 0.720 bits per heavy atom. The number of ether oxygens (including phenoxy) is 4. The van der Waals surface area contributed by atoms with Crippen molar-refractivity contribution < 1.29 is 50.7 Å². The van der Waals surface area contributed by atoms with Crippen LogP contribution in [0.25, 0.3) is 0 Å². The summed E-state index contributed by atoms with van der Waals surface area (Å²) in [5, 5.41) is 0. The van der Waals surface area contributed by atoms with E-state index in [0.717, 1.165) is 5.56 Å². The van der Waals surface area contributed by atoms with Gasteiger partial charge in [-0.3, -0.25) is 23.4 Å². The maximum Gasteiger partial charge on any atom is 0.326 e. The Labute approximate surface area is 296 Å². The summed E-state index contributed by atoms with van der Waals surface area (Å²) in [4.78, 5) is 53.5. The maximum atomic E-state index is 13.6. The second-order valence-corrected chi connectivity index (χ2v) is 16.6. The largest absolute Gasteiger partial charge is 0.491 e. The predicted octanol–water partition coefficient (Wildman–Crippen LogP) is 6.03. The van der Waals surface area contributed by atoms with Crippen molar-refractivity contribution in [2.75, 3.05) is 26.3 Å². The number of hydrogen-bond donors (Lipinski definition) is 0. The van der Waals surface area contributed by atoms with Gasteiger partial charge in [0.25, 0.3) is 16.0 Å². The van der Waals surface area contributed by atoms with Gasteiger partial charge in [0.05, 0.1) is 17.2 Å². The van der Waals surface area contributed by atoms with E-state index >= 15 is 0 Å². The lowest BCUT2D eigenvalue weighted by atomic mass is 9.98. The molecule has 0 aromatic heterocycles. The predicted molar refractivity (Wildman–Crippen MR) is 187 cm³/mol. The molecule has 0 aliphatic rings. The molecule has 0 saturated heterocycles. The van der Waals surface area contributed by atoms with Crippen molar-refractivity contribution >= 4 is 33.9 Å². The van der Waals surface area contributed by atoms with Crippen molar-refractivity contribution in [2.45, 2.75) is 110 Å². The number of carbonyl (C=O) groups excluding carboxylic acids is 4. The summed E-state index contributed by atoms with van der Waals surface area (Å²) in [6.07, 6.45) is 0.269. The highest BCUT2D eigenvalue weighted by Gasteiger charge is 2.30. The fourth-order valence-electron chi connectivity index (χ4n) is 4.54. The third-order valence-electron chi connectivity index (χ3n) is 6.58.